The lowest BCUT2D eigenvalue weighted by Gasteiger charge is -2.16. The van der Waals surface area contributed by atoms with Gasteiger partial charge in [0.2, 0.25) is 0 Å². The van der Waals surface area contributed by atoms with Gasteiger partial charge in [0.05, 0.1) is 11.8 Å². The molecule has 0 fully saturated rings. The first-order valence-corrected chi connectivity index (χ1v) is 5.04. The summed E-state index contributed by atoms with van der Waals surface area (Å²) in [6.45, 7) is 2.01. The van der Waals surface area contributed by atoms with E-state index < -0.39 is 5.92 Å². The van der Waals surface area contributed by atoms with Crippen LogP contribution in [0.4, 0.5) is 0 Å². The van der Waals surface area contributed by atoms with Crippen LogP contribution in [0.25, 0.3) is 0 Å². The maximum absolute atomic E-state index is 11.2. The Morgan fingerprint density at radius 3 is 2.75 bits per heavy atom. The van der Waals surface area contributed by atoms with E-state index in [4.69, 9.17) is 5.26 Å². The van der Waals surface area contributed by atoms with Crippen molar-refractivity contribution in [1.82, 2.24) is 5.43 Å². The Balaban J connectivity index is 2.26. The Bertz CT molecular complexity index is 482. The van der Waals surface area contributed by atoms with Gasteiger partial charge in [-0.1, -0.05) is 29.8 Å². The second kappa shape index (κ2) is 4.15. The Labute approximate surface area is 93.6 Å². The third-order valence-corrected chi connectivity index (χ3v) is 2.56. The van der Waals surface area contributed by atoms with Crippen LogP contribution in [0, 0.1) is 24.2 Å². The first kappa shape index (κ1) is 10.4. The lowest BCUT2D eigenvalue weighted by molar-refractivity contribution is -0.123. The Morgan fingerprint density at radius 2 is 2.12 bits per heavy atom. The highest BCUT2D eigenvalue weighted by Crippen LogP contribution is 2.15. The van der Waals surface area contributed by atoms with Crippen LogP contribution in [-0.2, 0) is 4.79 Å². The van der Waals surface area contributed by atoms with E-state index in [0.717, 1.165) is 11.3 Å². The second-order valence-corrected chi connectivity index (χ2v) is 3.79. The SMILES string of the molecule is Cc1ccc(C2=NNC(=O)C(C#N)C2)cc1. The lowest BCUT2D eigenvalue weighted by Crippen LogP contribution is -2.33. The smallest absolute Gasteiger partial charge is 0.257 e. The van der Waals surface area contributed by atoms with Crippen LogP contribution in [0.5, 0.6) is 0 Å². The Kier molecular flexibility index (Phi) is 2.69. The number of rotatable bonds is 1. The fourth-order valence-electron chi connectivity index (χ4n) is 1.56. The van der Waals surface area contributed by atoms with Gasteiger partial charge in [-0.2, -0.15) is 10.4 Å². The molecule has 0 saturated heterocycles. The summed E-state index contributed by atoms with van der Waals surface area (Å²) in [5.41, 5.74) is 5.25. The monoisotopic (exact) mass is 213 g/mol. The van der Waals surface area contributed by atoms with Gasteiger partial charge in [-0.3, -0.25) is 4.79 Å². The molecule has 16 heavy (non-hydrogen) atoms. The van der Waals surface area contributed by atoms with Crippen molar-refractivity contribution < 1.29 is 4.79 Å². The molecule has 0 radical (unpaired) electrons. The van der Waals surface area contributed by atoms with Gasteiger partial charge >= 0.3 is 0 Å². The number of aryl methyl sites for hydroxylation is 1. The summed E-state index contributed by atoms with van der Waals surface area (Å²) in [5.74, 6) is -0.952. The van der Waals surface area contributed by atoms with Crippen LogP contribution in [0.15, 0.2) is 29.4 Å². The average Bonchev–Trinajstić information content (AvgIpc) is 2.31. The highest BCUT2D eigenvalue weighted by Gasteiger charge is 2.25. The lowest BCUT2D eigenvalue weighted by atomic mass is 9.96. The summed E-state index contributed by atoms with van der Waals surface area (Å²) in [4.78, 5) is 11.2. The number of amides is 1. The molecule has 80 valence electrons. The van der Waals surface area contributed by atoms with Crippen molar-refractivity contribution in [1.29, 1.82) is 5.26 Å². The Morgan fingerprint density at radius 1 is 1.44 bits per heavy atom. The molecule has 0 aromatic heterocycles. The van der Waals surface area contributed by atoms with Crippen molar-refractivity contribution in [2.45, 2.75) is 13.3 Å². The molecule has 0 spiro atoms. The molecule has 1 aromatic carbocycles. The summed E-state index contributed by atoms with van der Waals surface area (Å²) >= 11 is 0. The number of hydrazone groups is 1. The molecule has 0 bridgehead atoms. The van der Waals surface area contributed by atoms with Crippen molar-refractivity contribution >= 4 is 11.6 Å². The fraction of sp³-hybridized carbons (Fsp3) is 0.250. The molecule has 1 aromatic rings. The molecule has 1 N–H and O–H groups in total. The van der Waals surface area contributed by atoms with E-state index in [1.54, 1.807) is 0 Å². The number of nitrogens with zero attached hydrogens (tertiary/aromatic N) is 2. The summed E-state index contributed by atoms with van der Waals surface area (Å²) in [6, 6.07) is 9.82. The van der Waals surface area contributed by atoms with Crippen molar-refractivity contribution in [2.75, 3.05) is 0 Å². The van der Waals surface area contributed by atoms with Gasteiger partial charge in [-0.25, -0.2) is 5.43 Å². The van der Waals surface area contributed by atoms with E-state index in [1.807, 2.05) is 37.3 Å². The molecule has 4 heteroatoms. The maximum Gasteiger partial charge on any atom is 0.257 e. The van der Waals surface area contributed by atoms with Gasteiger partial charge in [0.25, 0.3) is 5.91 Å². The standard InChI is InChI=1S/C12H11N3O/c1-8-2-4-9(5-3-8)11-6-10(7-13)12(16)15-14-11/h2-5,10H,6H2,1H3,(H,15,16). The zero-order chi connectivity index (χ0) is 11.5. The van der Waals surface area contributed by atoms with E-state index in [-0.39, 0.29) is 5.91 Å². The molecular formula is C12H11N3O. The van der Waals surface area contributed by atoms with Crippen LogP contribution in [0.3, 0.4) is 0 Å². The van der Waals surface area contributed by atoms with Crippen LogP contribution < -0.4 is 5.43 Å². The third-order valence-electron chi connectivity index (χ3n) is 2.56. The van der Waals surface area contributed by atoms with E-state index in [1.165, 1.54) is 5.56 Å². The van der Waals surface area contributed by atoms with E-state index in [2.05, 4.69) is 10.5 Å². The van der Waals surface area contributed by atoms with Crippen LogP contribution >= 0.6 is 0 Å². The number of nitrogens with one attached hydrogen (secondary N) is 1. The van der Waals surface area contributed by atoms with Gasteiger partial charge in [0.1, 0.15) is 5.92 Å². The first-order valence-electron chi connectivity index (χ1n) is 5.04. The number of nitriles is 1. The van der Waals surface area contributed by atoms with Crippen molar-refractivity contribution in [3.63, 3.8) is 0 Å². The molecule has 1 aliphatic heterocycles. The maximum atomic E-state index is 11.2. The molecule has 1 atom stereocenters. The average molecular weight is 213 g/mol. The summed E-state index contributed by atoms with van der Waals surface area (Å²) in [5, 5.41) is 12.8. The third kappa shape index (κ3) is 1.94. The quantitative estimate of drug-likeness (QED) is 0.765. The van der Waals surface area contributed by atoms with Crippen molar-refractivity contribution in [3.05, 3.63) is 35.4 Å². The van der Waals surface area contributed by atoms with Crippen LogP contribution in [0.2, 0.25) is 0 Å². The van der Waals surface area contributed by atoms with E-state index in [0.29, 0.717) is 6.42 Å². The van der Waals surface area contributed by atoms with Gasteiger partial charge in [-0.15, -0.1) is 0 Å². The molecule has 1 amide bonds. The van der Waals surface area contributed by atoms with Gasteiger partial charge < -0.3 is 0 Å². The number of carbonyl (C=O) groups excluding carboxylic acids is 1. The zero-order valence-electron chi connectivity index (χ0n) is 8.90. The molecule has 2 rings (SSSR count). The summed E-state index contributed by atoms with van der Waals surface area (Å²) in [7, 11) is 0. The second-order valence-electron chi connectivity index (χ2n) is 3.79. The normalized spacial score (nSPS) is 19.6. The van der Waals surface area contributed by atoms with Crippen LogP contribution in [-0.4, -0.2) is 11.6 Å². The minimum atomic E-state index is -0.631. The molecule has 1 aliphatic rings. The molecule has 4 nitrogen and oxygen atoms in total. The Hall–Kier alpha value is -2.15. The molecule has 0 aliphatic carbocycles. The predicted molar refractivity (Wildman–Crippen MR) is 59.6 cm³/mol. The molecule has 0 saturated carbocycles. The molecular weight excluding hydrogens is 202 g/mol. The predicted octanol–water partition coefficient (Wildman–Crippen LogP) is 1.36. The van der Waals surface area contributed by atoms with Crippen molar-refractivity contribution in [2.24, 2.45) is 11.0 Å². The fourth-order valence-corrected chi connectivity index (χ4v) is 1.56. The molecule has 1 heterocycles. The number of carbonyl (C=O) groups is 1. The van der Waals surface area contributed by atoms with E-state index >= 15 is 0 Å². The topological polar surface area (TPSA) is 65.2 Å². The number of hydrogen-bond acceptors (Lipinski definition) is 3. The largest absolute Gasteiger partial charge is 0.272 e. The van der Waals surface area contributed by atoms with Crippen molar-refractivity contribution in [3.8, 4) is 6.07 Å². The highest BCUT2D eigenvalue weighted by atomic mass is 16.2. The van der Waals surface area contributed by atoms with Gasteiger partial charge in [0.15, 0.2) is 0 Å². The van der Waals surface area contributed by atoms with Gasteiger partial charge in [0, 0.05) is 6.42 Å². The summed E-state index contributed by atoms with van der Waals surface area (Å²) in [6.07, 6.45) is 0.380. The molecule has 1 unspecified atom stereocenters. The minimum Gasteiger partial charge on any atom is -0.272 e. The number of hydrogen-bond donors (Lipinski definition) is 1. The van der Waals surface area contributed by atoms with Gasteiger partial charge in [-0.05, 0) is 12.5 Å². The minimum absolute atomic E-state index is 0.321. The number of benzene rings is 1. The van der Waals surface area contributed by atoms with E-state index in [9.17, 15) is 4.79 Å². The zero-order valence-corrected chi connectivity index (χ0v) is 8.90. The first-order chi connectivity index (χ1) is 7.70. The highest BCUT2D eigenvalue weighted by molar-refractivity contribution is 6.05. The summed E-state index contributed by atoms with van der Waals surface area (Å²) < 4.78 is 0. The van der Waals surface area contributed by atoms with Crippen LogP contribution in [0.1, 0.15) is 17.5 Å².